The highest BCUT2D eigenvalue weighted by atomic mass is 35.5. The third kappa shape index (κ3) is 5.04. The van der Waals surface area contributed by atoms with E-state index in [4.69, 9.17) is 11.6 Å². The van der Waals surface area contributed by atoms with E-state index in [0.717, 1.165) is 24.0 Å². The number of sulfonamides is 1. The molecule has 4 rings (SSSR count). The first-order chi connectivity index (χ1) is 15.4. The minimum Gasteiger partial charge on any atom is -0.330 e. The molecule has 3 aromatic rings. The number of amides is 1. The summed E-state index contributed by atoms with van der Waals surface area (Å²) in [5.74, 6) is -0.304. The van der Waals surface area contributed by atoms with Crippen LogP contribution in [-0.4, -0.2) is 36.6 Å². The molecule has 0 spiro atoms. The van der Waals surface area contributed by atoms with Gasteiger partial charge in [0.15, 0.2) is 0 Å². The highest BCUT2D eigenvalue weighted by molar-refractivity contribution is 7.89. The number of hydrogen-bond donors (Lipinski definition) is 0. The van der Waals surface area contributed by atoms with E-state index in [0.29, 0.717) is 26.2 Å². The Hall–Kier alpha value is -2.67. The van der Waals surface area contributed by atoms with Gasteiger partial charge in [0.1, 0.15) is 0 Å². The average molecular weight is 469 g/mol. The van der Waals surface area contributed by atoms with Crippen molar-refractivity contribution in [2.45, 2.75) is 30.8 Å². The van der Waals surface area contributed by atoms with E-state index in [9.17, 15) is 13.2 Å². The number of halogens is 1. The van der Waals surface area contributed by atoms with Crippen LogP contribution in [0.15, 0.2) is 83.8 Å². The van der Waals surface area contributed by atoms with Crippen molar-refractivity contribution in [2.24, 2.45) is 0 Å². The van der Waals surface area contributed by atoms with Gasteiger partial charge in [-0.3, -0.25) is 4.79 Å². The summed E-state index contributed by atoms with van der Waals surface area (Å²) < 4.78 is 27.5. The molecule has 0 unspecified atom stereocenters. The molecule has 0 saturated carbocycles. The zero-order valence-corrected chi connectivity index (χ0v) is 19.2. The molecule has 1 aliphatic heterocycles. The predicted molar refractivity (Wildman–Crippen MR) is 126 cm³/mol. The Morgan fingerprint density at radius 2 is 1.38 bits per heavy atom. The van der Waals surface area contributed by atoms with E-state index in [1.807, 2.05) is 60.7 Å². The van der Waals surface area contributed by atoms with Crippen LogP contribution in [0.1, 0.15) is 34.3 Å². The second kappa shape index (κ2) is 9.86. The molecule has 0 N–H and O–H groups in total. The highest BCUT2D eigenvalue weighted by Gasteiger charge is 2.29. The van der Waals surface area contributed by atoms with Gasteiger partial charge < -0.3 is 4.90 Å². The highest BCUT2D eigenvalue weighted by Crippen LogP contribution is 2.27. The third-order valence-corrected chi connectivity index (χ3v) is 7.81. The minimum absolute atomic E-state index is 0.103. The van der Waals surface area contributed by atoms with E-state index >= 15 is 0 Å². The maximum atomic E-state index is 13.6. The van der Waals surface area contributed by atoms with Gasteiger partial charge in [0, 0.05) is 26.2 Å². The molecule has 5 nitrogen and oxygen atoms in total. The Morgan fingerprint density at radius 1 is 0.844 bits per heavy atom. The first-order valence-corrected chi connectivity index (χ1v) is 12.4. The molecule has 3 aromatic carbocycles. The van der Waals surface area contributed by atoms with Gasteiger partial charge in [0.2, 0.25) is 10.0 Å². The van der Waals surface area contributed by atoms with Crippen molar-refractivity contribution in [1.82, 2.24) is 9.21 Å². The summed E-state index contributed by atoms with van der Waals surface area (Å²) in [5.41, 5.74) is 2.15. The molecular weight excluding hydrogens is 444 g/mol. The topological polar surface area (TPSA) is 57.7 Å². The zero-order chi connectivity index (χ0) is 22.6. The lowest BCUT2D eigenvalue weighted by Gasteiger charge is -2.24. The Morgan fingerprint density at radius 3 is 1.91 bits per heavy atom. The fourth-order valence-electron chi connectivity index (χ4n) is 3.88. The normalized spacial score (nSPS) is 14.4. The maximum Gasteiger partial charge on any atom is 0.256 e. The standard InChI is InChI=1S/C25H25ClN2O3S/c26-24-14-13-22(32(30,31)28-15-7-8-16-28)17-23(24)25(29)27(18-20-9-3-1-4-10-20)19-21-11-5-2-6-12-21/h1-6,9-14,17H,7-8,15-16,18-19H2. The van der Waals surface area contributed by atoms with Crippen molar-refractivity contribution < 1.29 is 13.2 Å². The van der Waals surface area contributed by atoms with Crippen molar-refractivity contribution in [3.05, 3.63) is 101 Å². The lowest BCUT2D eigenvalue weighted by molar-refractivity contribution is 0.0730. The Labute approximate surface area is 194 Å². The molecule has 166 valence electrons. The Kier molecular flexibility index (Phi) is 6.94. The molecule has 0 radical (unpaired) electrons. The molecule has 1 saturated heterocycles. The van der Waals surface area contributed by atoms with E-state index in [-0.39, 0.29) is 21.4 Å². The van der Waals surface area contributed by atoms with Crippen LogP contribution in [0.5, 0.6) is 0 Å². The van der Waals surface area contributed by atoms with Gasteiger partial charge in [-0.2, -0.15) is 4.31 Å². The van der Waals surface area contributed by atoms with Gasteiger partial charge in [0.05, 0.1) is 15.5 Å². The number of rotatable bonds is 7. The van der Waals surface area contributed by atoms with E-state index in [2.05, 4.69) is 0 Å². The first kappa shape index (κ1) is 22.5. The maximum absolute atomic E-state index is 13.6. The first-order valence-electron chi connectivity index (χ1n) is 10.6. The molecule has 0 atom stereocenters. The Balaban J connectivity index is 1.68. The fraction of sp³-hybridized carbons (Fsp3) is 0.240. The van der Waals surface area contributed by atoms with Crippen molar-refractivity contribution in [3.63, 3.8) is 0 Å². The SMILES string of the molecule is O=C(c1cc(S(=O)(=O)N2CCCC2)ccc1Cl)N(Cc1ccccc1)Cc1ccccc1. The van der Waals surface area contributed by atoms with Gasteiger partial charge in [-0.15, -0.1) is 0 Å². The summed E-state index contributed by atoms with van der Waals surface area (Å²) in [7, 11) is -3.65. The summed E-state index contributed by atoms with van der Waals surface area (Å²) >= 11 is 6.39. The largest absolute Gasteiger partial charge is 0.330 e. The van der Waals surface area contributed by atoms with Gasteiger partial charge in [-0.1, -0.05) is 72.3 Å². The fourth-order valence-corrected chi connectivity index (χ4v) is 5.63. The molecular formula is C25H25ClN2O3S. The summed E-state index contributed by atoms with van der Waals surface area (Å²) in [6.45, 7) is 1.77. The van der Waals surface area contributed by atoms with Crippen molar-refractivity contribution in [2.75, 3.05) is 13.1 Å². The molecule has 0 aromatic heterocycles. The predicted octanol–water partition coefficient (Wildman–Crippen LogP) is 4.97. The van der Waals surface area contributed by atoms with Crippen LogP contribution in [0, 0.1) is 0 Å². The molecule has 0 bridgehead atoms. The van der Waals surface area contributed by atoms with Gasteiger partial charge >= 0.3 is 0 Å². The lowest BCUT2D eigenvalue weighted by atomic mass is 10.1. The smallest absolute Gasteiger partial charge is 0.256 e. The third-order valence-electron chi connectivity index (χ3n) is 5.59. The van der Waals surface area contributed by atoms with Gasteiger partial charge in [-0.05, 0) is 42.2 Å². The molecule has 1 amide bonds. The summed E-state index contributed by atoms with van der Waals surface area (Å²) in [6, 6.07) is 23.8. The number of nitrogens with zero attached hydrogens (tertiary/aromatic N) is 2. The molecule has 1 heterocycles. The zero-order valence-electron chi connectivity index (χ0n) is 17.7. The van der Waals surface area contributed by atoms with Crippen LogP contribution < -0.4 is 0 Å². The second-order valence-corrected chi connectivity index (χ2v) is 10.2. The number of benzene rings is 3. The van der Waals surface area contributed by atoms with Crippen LogP contribution in [0.4, 0.5) is 0 Å². The van der Waals surface area contributed by atoms with E-state index in [1.54, 1.807) is 4.90 Å². The monoisotopic (exact) mass is 468 g/mol. The average Bonchev–Trinajstić information content (AvgIpc) is 3.36. The van der Waals surface area contributed by atoms with Gasteiger partial charge in [-0.25, -0.2) is 8.42 Å². The number of carbonyl (C=O) groups excluding carboxylic acids is 1. The van der Waals surface area contributed by atoms with E-state index in [1.165, 1.54) is 22.5 Å². The number of hydrogen-bond acceptors (Lipinski definition) is 3. The van der Waals surface area contributed by atoms with Crippen LogP contribution in [-0.2, 0) is 23.1 Å². The second-order valence-electron chi connectivity index (χ2n) is 7.89. The van der Waals surface area contributed by atoms with Crippen LogP contribution in [0.3, 0.4) is 0 Å². The molecule has 1 aliphatic rings. The van der Waals surface area contributed by atoms with Crippen LogP contribution in [0.25, 0.3) is 0 Å². The van der Waals surface area contributed by atoms with E-state index < -0.39 is 10.0 Å². The lowest BCUT2D eigenvalue weighted by Crippen LogP contribution is -2.31. The Bertz CT molecular complexity index is 1140. The van der Waals surface area contributed by atoms with Crippen LogP contribution in [0.2, 0.25) is 5.02 Å². The summed E-state index contributed by atoms with van der Waals surface area (Å²) in [4.78, 5) is 15.4. The molecule has 0 aliphatic carbocycles. The van der Waals surface area contributed by atoms with Crippen molar-refractivity contribution >= 4 is 27.5 Å². The summed E-state index contributed by atoms with van der Waals surface area (Å²) in [6.07, 6.45) is 1.70. The molecule has 7 heteroatoms. The number of carbonyl (C=O) groups is 1. The van der Waals surface area contributed by atoms with Crippen molar-refractivity contribution in [1.29, 1.82) is 0 Å². The minimum atomic E-state index is -3.65. The van der Waals surface area contributed by atoms with Crippen molar-refractivity contribution in [3.8, 4) is 0 Å². The quantitative estimate of drug-likeness (QED) is 0.492. The van der Waals surface area contributed by atoms with Crippen LogP contribution >= 0.6 is 11.6 Å². The molecule has 1 fully saturated rings. The molecule has 32 heavy (non-hydrogen) atoms. The summed E-state index contributed by atoms with van der Waals surface area (Å²) in [5, 5.41) is 0.237. The van der Waals surface area contributed by atoms with Gasteiger partial charge in [0.25, 0.3) is 5.91 Å².